The van der Waals surface area contributed by atoms with Gasteiger partial charge in [0, 0.05) is 24.2 Å². The van der Waals surface area contributed by atoms with Gasteiger partial charge in [-0.2, -0.15) is 0 Å². The highest BCUT2D eigenvalue weighted by atomic mass is 35.5. The molecule has 0 aliphatic carbocycles. The zero-order valence-corrected chi connectivity index (χ0v) is 11.9. The van der Waals surface area contributed by atoms with Crippen molar-refractivity contribution in [3.8, 4) is 0 Å². The molecule has 4 nitrogen and oxygen atoms in total. The van der Waals surface area contributed by atoms with E-state index >= 15 is 0 Å². The Kier molecular flexibility index (Phi) is 5.18. The molecule has 0 aromatic heterocycles. The molecule has 5 heteroatoms. The van der Waals surface area contributed by atoms with E-state index in [1.807, 2.05) is 12.1 Å². The van der Waals surface area contributed by atoms with Crippen LogP contribution in [-0.2, 0) is 9.59 Å². The van der Waals surface area contributed by atoms with Crippen molar-refractivity contribution in [1.82, 2.24) is 10.2 Å². The van der Waals surface area contributed by atoms with Crippen molar-refractivity contribution in [3.05, 3.63) is 40.9 Å². The van der Waals surface area contributed by atoms with Crippen molar-refractivity contribution in [2.24, 2.45) is 0 Å². The van der Waals surface area contributed by atoms with Gasteiger partial charge in [0.2, 0.25) is 11.8 Å². The smallest absolute Gasteiger partial charge is 0.244 e. The minimum Gasteiger partial charge on any atom is -0.343 e. The van der Waals surface area contributed by atoms with Gasteiger partial charge in [0.05, 0.1) is 6.54 Å². The predicted octanol–water partition coefficient (Wildman–Crippen LogP) is 2.09. The molecule has 0 spiro atoms. The average Bonchev–Trinajstić information content (AvgIpc) is 2.97. The summed E-state index contributed by atoms with van der Waals surface area (Å²) in [5.41, 5.74) is 0.846. The first-order valence-corrected chi connectivity index (χ1v) is 7.02. The normalized spacial score (nSPS) is 14.8. The SMILES string of the molecule is O=C(/C=C/c1cccc(Cl)c1)NCC(=O)N1CCCC1. The molecule has 2 rings (SSSR count). The Balaban J connectivity index is 1.79. The highest BCUT2D eigenvalue weighted by molar-refractivity contribution is 6.30. The minimum absolute atomic E-state index is 0.0213. The van der Waals surface area contributed by atoms with Gasteiger partial charge in [-0.1, -0.05) is 23.7 Å². The van der Waals surface area contributed by atoms with Gasteiger partial charge in [0.25, 0.3) is 0 Å². The lowest BCUT2D eigenvalue weighted by atomic mass is 10.2. The summed E-state index contributed by atoms with van der Waals surface area (Å²) in [5.74, 6) is -0.301. The molecular weight excluding hydrogens is 276 g/mol. The Bertz CT molecular complexity index is 522. The maximum absolute atomic E-state index is 11.7. The molecule has 106 valence electrons. The van der Waals surface area contributed by atoms with Crippen molar-refractivity contribution < 1.29 is 9.59 Å². The highest BCUT2D eigenvalue weighted by Crippen LogP contribution is 2.11. The second kappa shape index (κ2) is 7.10. The molecule has 20 heavy (non-hydrogen) atoms. The number of rotatable bonds is 4. The summed E-state index contributed by atoms with van der Waals surface area (Å²) in [7, 11) is 0. The molecule has 0 saturated carbocycles. The number of halogens is 1. The number of likely N-dealkylation sites (tertiary alicyclic amines) is 1. The van der Waals surface area contributed by atoms with Crippen LogP contribution in [-0.4, -0.2) is 36.3 Å². The van der Waals surface area contributed by atoms with E-state index < -0.39 is 0 Å². The van der Waals surface area contributed by atoms with E-state index in [4.69, 9.17) is 11.6 Å². The van der Waals surface area contributed by atoms with Crippen LogP contribution in [0.1, 0.15) is 18.4 Å². The number of carbonyl (C=O) groups is 2. The molecule has 2 amide bonds. The van der Waals surface area contributed by atoms with E-state index in [-0.39, 0.29) is 18.4 Å². The molecular formula is C15H17ClN2O2. The van der Waals surface area contributed by atoms with Crippen LogP contribution in [0.4, 0.5) is 0 Å². The number of hydrogen-bond acceptors (Lipinski definition) is 2. The summed E-state index contributed by atoms with van der Waals surface area (Å²) >= 11 is 5.85. The molecule has 1 saturated heterocycles. The summed E-state index contributed by atoms with van der Waals surface area (Å²) < 4.78 is 0. The summed E-state index contributed by atoms with van der Waals surface area (Å²) in [6, 6.07) is 7.20. The standard InChI is InChI=1S/C15H17ClN2O2/c16-13-5-3-4-12(10-13)6-7-14(19)17-11-15(20)18-8-1-2-9-18/h3-7,10H,1-2,8-9,11H2,(H,17,19)/b7-6+. The molecule has 0 radical (unpaired) electrons. The number of amides is 2. The predicted molar refractivity (Wildman–Crippen MR) is 79.3 cm³/mol. The number of hydrogen-bond donors (Lipinski definition) is 1. The quantitative estimate of drug-likeness (QED) is 0.864. The molecule has 1 aliphatic rings. The van der Waals surface area contributed by atoms with Gasteiger partial charge in [0.15, 0.2) is 0 Å². The second-order valence-corrected chi connectivity index (χ2v) is 5.13. The van der Waals surface area contributed by atoms with Crippen LogP contribution in [0.5, 0.6) is 0 Å². The summed E-state index contributed by atoms with van der Waals surface area (Å²) in [5, 5.41) is 3.22. The zero-order valence-electron chi connectivity index (χ0n) is 11.1. The second-order valence-electron chi connectivity index (χ2n) is 4.69. The zero-order chi connectivity index (χ0) is 14.4. The van der Waals surface area contributed by atoms with E-state index in [0.717, 1.165) is 31.5 Å². The molecule has 0 unspecified atom stereocenters. The molecule has 1 fully saturated rings. The van der Waals surface area contributed by atoms with E-state index in [9.17, 15) is 9.59 Å². The van der Waals surface area contributed by atoms with Gasteiger partial charge in [-0.25, -0.2) is 0 Å². The van der Waals surface area contributed by atoms with Gasteiger partial charge >= 0.3 is 0 Å². The summed E-state index contributed by atoms with van der Waals surface area (Å²) in [4.78, 5) is 25.1. The Morgan fingerprint density at radius 3 is 2.75 bits per heavy atom. The number of nitrogens with one attached hydrogen (secondary N) is 1. The Morgan fingerprint density at radius 1 is 1.30 bits per heavy atom. The van der Waals surface area contributed by atoms with Crippen molar-refractivity contribution in [1.29, 1.82) is 0 Å². The van der Waals surface area contributed by atoms with Crippen molar-refractivity contribution >= 4 is 29.5 Å². The molecule has 1 heterocycles. The van der Waals surface area contributed by atoms with Crippen LogP contribution in [0.15, 0.2) is 30.3 Å². The van der Waals surface area contributed by atoms with Gasteiger partial charge < -0.3 is 10.2 Å². The van der Waals surface area contributed by atoms with Crippen LogP contribution in [0.2, 0.25) is 5.02 Å². The molecule has 1 aromatic carbocycles. The van der Waals surface area contributed by atoms with Crippen LogP contribution < -0.4 is 5.32 Å². The number of carbonyl (C=O) groups excluding carboxylic acids is 2. The van der Waals surface area contributed by atoms with Gasteiger partial charge in [-0.15, -0.1) is 0 Å². The monoisotopic (exact) mass is 292 g/mol. The van der Waals surface area contributed by atoms with E-state index in [1.54, 1.807) is 23.1 Å². The summed E-state index contributed by atoms with van der Waals surface area (Å²) in [6.07, 6.45) is 5.17. The molecule has 1 aliphatic heterocycles. The number of benzene rings is 1. The van der Waals surface area contributed by atoms with E-state index in [2.05, 4.69) is 5.32 Å². The number of nitrogens with zero attached hydrogens (tertiary/aromatic N) is 1. The minimum atomic E-state index is -0.280. The molecule has 1 N–H and O–H groups in total. The third-order valence-corrected chi connectivity index (χ3v) is 3.38. The lowest BCUT2D eigenvalue weighted by Crippen LogP contribution is -2.38. The van der Waals surface area contributed by atoms with Crippen molar-refractivity contribution in [2.75, 3.05) is 19.6 Å². The first-order valence-electron chi connectivity index (χ1n) is 6.64. The average molecular weight is 293 g/mol. The third-order valence-electron chi connectivity index (χ3n) is 3.15. The summed E-state index contributed by atoms with van der Waals surface area (Å²) in [6.45, 7) is 1.65. The molecule has 0 atom stereocenters. The fourth-order valence-electron chi connectivity index (χ4n) is 2.08. The first-order chi connectivity index (χ1) is 9.65. The van der Waals surface area contributed by atoms with Crippen LogP contribution in [0, 0.1) is 0 Å². The van der Waals surface area contributed by atoms with Crippen molar-refractivity contribution in [3.63, 3.8) is 0 Å². The van der Waals surface area contributed by atoms with Gasteiger partial charge in [-0.05, 0) is 36.6 Å². The fourth-order valence-corrected chi connectivity index (χ4v) is 2.28. The largest absolute Gasteiger partial charge is 0.343 e. The van der Waals surface area contributed by atoms with Crippen LogP contribution in [0.3, 0.4) is 0 Å². The lowest BCUT2D eigenvalue weighted by molar-refractivity contribution is -0.131. The Hall–Kier alpha value is -1.81. The first kappa shape index (κ1) is 14.6. The molecule has 0 bridgehead atoms. The third kappa shape index (κ3) is 4.38. The van der Waals surface area contributed by atoms with Crippen LogP contribution in [0.25, 0.3) is 6.08 Å². The maximum Gasteiger partial charge on any atom is 0.244 e. The van der Waals surface area contributed by atoms with E-state index in [0.29, 0.717) is 5.02 Å². The fraction of sp³-hybridized carbons (Fsp3) is 0.333. The lowest BCUT2D eigenvalue weighted by Gasteiger charge is -2.14. The van der Waals surface area contributed by atoms with Crippen LogP contribution >= 0.6 is 11.6 Å². The Labute approximate surface area is 123 Å². The van der Waals surface area contributed by atoms with Crippen molar-refractivity contribution in [2.45, 2.75) is 12.8 Å². The van der Waals surface area contributed by atoms with Gasteiger partial charge in [0.1, 0.15) is 0 Å². The maximum atomic E-state index is 11.7. The Morgan fingerprint density at radius 2 is 2.05 bits per heavy atom. The topological polar surface area (TPSA) is 49.4 Å². The molecule has 1 aromatic rings. The van der Waals surface area contributed by atoms with Gasteiger partial charge in [-0.3, -0.25) is 9.59 Å². The highest BCUT2D eigenvalue weighted by Gasteiger charge is 2.17. The van der Waals surface area contributed by atoms with E-state index in [1.165, 1.54) is 6.08 Å².